The van der Waals surface area contributed by atoms with Crippen LogP contribution in [0.15, 0.2) is 45.3 Å². The van der Waals surface area contributed by atoms with E-state index in [0.29, 0.717) is 13.1 Å². The molecule has 4 nitrogen and oxygen atoms in total. The van der Waals surface area contributed by atoms with Crippen LogP contribution in [-0.4, -0.2) is 25.5 Å². The van der Waals surface area contributed by atoms with E-state index in [9.17, 15) is 4.79 Å². The molecule has 1 unspecified atom stereocenters. The summed E-state index contributed by atoms with van der Waals surface area (Å²) in [5, 5.41) is 2.85. The summed E-state index contributed by atoms with van der Waals surface area (Å²) in [6.45, 7) is 5.19. The zero-order valence-electron chi connectivity index (χ0n) is 13.2. The number of halogens is 1. The minimum absolute atomic E-state index is 0.0692. The predicted octanol–water partition coefficient (Wildman–Crippen LogP) is 2.25. The molecular formula is C17H22BrN2O2+. The molecule has 0 spiro atoms. The van der Waals surface area contributed by atoms with Gasteiger partial charge in [-0.1, -0.05) is 28.1 Å². The number of amides is 1. The summed E-state index contributed by atoms with van der Waals surface area (Å²) in [6.07, 6.45) is 0. The summed E-state index contributed by atoms with van der Waals surface area (Å²) in [5.74, 6) is 1.80. The normalized spacial score (nSPS) is 13.6. The van der Waals surface area contributed by atoms with Crippen molar-refractivity contribution in [3.8, 4) is 11.3 Å². The Morgan fingerprint density at radius 1 is 1.27 bits per heavy atom. The first-order valence-corrected chi connectivity index (χ1v) is 8.25. The standard InChI is InChI=1S/C17H21BrN2O2/c1-4-19-17(21)12(2)20(3)11-15-9-10-16(22-15)13-5-7-14(18)8-6-13/h5-10,12H,4,11H2,1-3H3,(H,19,21)/p+1/t12-/m1/s1. The third-order valence-corrected chi connectivity index (χ3v) is 4.26. The topological polar surface area (TPSA) is 46.7 Å². The van der Waals surface area contributed by atoms with Gasteiger partial charge in [-0.3, -0.25) is 4.79 Å². The number of hydrogen-bond acceptors (Lipinski definition) is 2. The molecule has 0 radical (unpaired) electrons. The number of likely N-dealkylation sites (N-methyl/N-ethyl adjacent to an activating group) is 2. The molecule has 0 saturated heterocycles. The van der Waals surface area contributed by atoms with Crippen molar-refractivity contribution in [3.05, 3.63) is 46.6 Å². The fourth-order valence-electron chi connectivity index (χ4n) is 2.22. The van der Waals surface area contributed by atoms with Gasteiger partial charge in [-0.15, -0.1) is 0 Å². The summed E-state index contributed by atoms with van der Waals surface area (Å²) in [5.41, 5.74) is 1.05. The van der Waals surface area contributed by atoms with E-state index in [-0.39, 0.29) is 11.9 Å². The number of nitrogens with one attached hydrogen (secondary N) is 2. The van der Waals surface area contributed by atoms with E-state index in [1.165, 1.54) is 0 Å². The number of benzene rings is 1. The van der Waals surface area contributed by atoms with Gasteiger partial charge in [-0.25, -0.2) is 0 Å². The SMILES string of the molecule is CCNC(=O)[C@@H](C)[NH+](C)Cc1ccc(-c2ccc(Br)cc2)o1. The van der Waals surface area contributed by atoms with Crippen LogP contribution in [0.1, 0.15) is 19.6 Å². The maximum atomic E-state index is 11.9. The Labute approximate surface area is 139 Å². The van der Waals surface area contributed by atoms with E-state index in [2.05, 4.69) is 21.2 Å². The third-order valence-electron chi connectivity index (χ3n) is 3.73. The Morgan fingerprint density at radius 3 is 2.59 bits per heavy atom. The fraction of sp³-hybridized carbons (Fsp3) is 0.353. The Kier molecular flexibility index (Phi) is 5.80. The van der Waals surface area contributed by atoms with Crippen LogP contribution in [-0.2, 0) is 11.3 Å². The molecule has 2 N–H and O–H groups in total. The first kappa shape index (κ1) is 16.8. The van der Waals surface area contributed by atoms with Gasteiger partial charge in [-0.05, 0) is 38.1 Å². The first-order chi connectivity index (χ1) is 10.5. The van der Waals surface area contributed by atoms with Crippen LogP contribution in [0.5, 0.6) is 0 Å². The zero-order chi connectivity index (χ0) is 16.1. The highest BCUT2D eigenvalue weighted by Crippen LogP contribution is 2.23. The van der Waals surface area contributed by atoms with Crippen molar-refractivity contribution < 1.29 is 14.1 Å². The Morgan fingerprint density at radius 2 is 1.95 bits per heavy atom. The fourth-order valence-corrected chi connectivity index (χ4v) is 2.49. The van der Waals surface area contributed by atoms with Crippen molar-refractivity contribution in [2.24, 2.45) is 0 Å². The van der Waals surface area contributed by atoms with Gasteiger partial charge in [0.05, 0.1) is 7.05 Å². The van der Waals surface area contributed by atoms with Crippen molar-refractivity contribution in [1.82, 2.24) is 5.32 Å². The second-order valence-corrected chi connectivity index (χ2v) is 6.33. The molecule has 22 heavy (non-hydrogen) atoms. The predicted molar refractivity (Wildman–Crippen MR) is 90.6 cm³/mol. The molecule has 1 heterocycles. The second-order valence-electron chi connectivity index (χ2n) is 5.41. The van der Waals surface area contributed by atoms with Crippen LogP contribution in [0.2, 0.25) is 0 Å². The van der Waals surface area contributed by atoms with Gasteiger partial charge in [-0.2, -0.15) is 0 Å². The molecule has 0 fully saturated rings. The lowest BCUT2D eigenvalue weighted by atomic mass is 10.2. The average Bonchev–Trinajstić information content (AvgIpc) is 2.95. The molecule has 0 aliphatic rings. The van der Waals surface area contributed by atoms with Crippen molar-refractivity contribution >= 4 is 21.8 Å². The molecule has 2 atom stereocenters. The van der Waals surface area contributed by atoms with E-state index in [1.807, 2.05) is 57.3 Å². The molecule has 1 amide bonds. The van der Waals surface area contributed by atoms with Crippen LogP contribution in [0.3, 0.4) is 0 Å². The van der Waals surface area contributed by atoms with Gasteiger partial charge in [0.15, 0.2) is 11.8 Å². The van der Waals surface area contributed by atoms with Crippen LogP contribution in [0.25, 0.3) is 11.3 Å². The maximum Gasteiger partial charge on any atom is 0.278 e. The summed E-state index contributed by atoms with van der Waals surface area (Å²) in [7, 11) is 2.00. The zero-order valence-corrected chi connectivity index (χ0v) is 14.7. The quantitative estimate of drug-likeness (QED) is 0.824. The Balaban J connectivity index is 2.02. The first-order valence-electron chi connectivity index (χ1n) is 7.46. The van der Waals surface area contributed by atoms with Crippen molar-refractivity contribution in [2.75, 3.05) is 13.6 Å². The Bertz CT molecular complexity index is 622. The van der Waals surface area contributed by atoms with Gasteiger partial charge in [0.25, 0.3) is 5.91 Å². The molecule has 1 aromatic heterocycles. The molecule has 0 aliphatic carbocycles. The van der Waals surface area contributed by atoms with Gasteiger partial charge in [0, 0.05) is 16.6 Å². The lowest BCUT2D eigenvalue weighted by Gasteiger charge is -2.19. The molecular weight excluding hydrogens is 344 g/mol. The number of hydrogen-bond donors (Lipinski definition) is 2. The molecule has 2 rings (SSSR count). The highest BCUT2D eigenvalue weighted by atomic mass is 79.9. The summed E-state index contributed by atoms with van der Waals surface area (Å²) < 4.78 is 6.95. The molecule has 2 aromatic rings. The monoisotopic (exact) mass is 365 g/mol. The van der Waals surface area contributed by atoms with Crippen LogP contribution in [0.4, 0.5) is 0 Å². The Hall–Kier alpha value is -1.59. The molecule has 1 aromatic carbocycles. The van der Waals surface area contributed by atoms with E-state index >= 15 is 0 Å². The summed E-state index contributed by atoms with van der Waals surface area (Å²) in [4.78, 5) is 13.0. The number of quaternary nitrogens is 1. The number of carbonyl (C=O) groups excluding carboxylic acids is 1. The highest BCUT2D eigenvalue weighted by Gasteiger charge is 2.22. The molecule has 5 heteroatoms. The van der Waals surface area contributed by atoms with Gasteiger partial charge in [0.2, 0.25) is 0 Å². The molecule has 0 saturated carbocycles. The molecule has 118 valence electrons. The van der Waals surface area contributed by atoms with Gasteiger partial charge >= 0.3 is 0 Å². The highest BCUT2D eigenvalue weighted by molar-refractivity contribution is 9.10. The van der Waals surface area contributed by atoms with Crippen molar-refractivity contribution in [1.29, 1.82) is 0 Å². The van der Waals surface area contributed by atoms with E-state index in [1.54, 1.807) is 0 Å². The number of rotatable bonds is 6. The summed E-state index contributed by atoms with van der Waals surface area (Å²) >= 11 is 3.43. The van der Waals surface area contributed by atoms with Crippen molar-refractivity contribution in [2.45, 2.75) is 26.4 Å². The second kappa shape index (κ2) is 7.61. The number of furan rings is 1. The molecule has 0 bridgehead atoms. The minimum Gasteiger partial charge on any atom is -0.455 e. The number of carbonyl (C=O) groups is 1. The minimum atomic E-state index is -0.110. The van der Waals surface area contributed by atoms with E-state index < -0.39 is 0 Å². The van der Waals surface area contributed by atoms with Crippen LogP contribution < -0.4 is 10.2 Å². The average molecular weight is 366 g/mol. The lowest BCUT2D eigenvalue weighted by molar-refractivity contribution is -0.909. The van der Waals surface area contributed by atoms with Crippen LogP contribution >= 0.6 is 15.9 Å². The molecule has 0 aliphatic heterocycles. The largest absolute Gasteiger partial charge is 0.455 e. The third kappa shape index (κ3) is 4.21. The van der Waals surface area contributed by atoms with Gasteiger partial charge in [0.1, 0.15) is 12.3 Å². The van der Waals surface area contributed by atoms with E-state index in [4.69, 9.17) is 4.42 Å². The maximum absolute atomic E-state index is 11.9. The van der Waals surface area contributed by atoms with Crippen molar-refractivity contribution in [3.63, 3.8) is 0 Å². The van der Waals surface area contributed by atoms with Gasteiger partial charge < -0.3 is 14.6 Å². The van der Waals surface area contributed by atoms with E-state index in [0.717, 1.165) is 26.5 Å². The van der Waals surface area contributed by atoms with Crippen LogP contribution in [0, 0.1) is 0 Å². The lowest BCUT2D eigenvalue weighted by Crippen LogP contribution is -3.12. The summed E-state index contributed by atoms with van der Waals surface area (Å²) in [6, 6.07) is 11.9. The smallest absolute Gasteiger partial charge is 0.278 e.